The molecule has 3 rings (SSSR count). The molecule has 1 aliphatic carbocycles. The molecule has 1 aliphatic heterocycles. The fourth-order valence-corrected chi connectivity index (χ4v) is 8.85. The minimum atomic E-state index is -1.35. The van der Waals surface area contributed by atoms with E-state index in [0.29, 0.717) is 5.56 Å². The van der Waals surface area contributed by atoms with E-state index in [1.165, 1.54) is 44.2 Å². The summed E-state index contributed by atoms with van der Waals surface area (Å²) in [5.41, 5.74) is 0.638. The third-order valence-corrected chi connectivity index (χ3v) is 10.7. The highest BCUT2D eigenvalue weighted by molar-refractivity contribution is 6.58. The van der Waals surface area contributed by atoms with Gasteiger partial charge in [0.05, 0.1) is 0 Å². The summed E-state index contributed by atoms with van der Waals surface area (Å²) in [6, 6.07) is 7.06. The number of hydrogen-bond donors (Lipinski definition) is 0. The Balaban J connectivity index is 1.40. The Kier molecular flexibility index (Phi) is 7.25. The van der Waals surface area contributed by atoms with Gasteiger partial charge in [0.1, 0.15) is 0 Å². The number of rotatable bonds is 6. The lowest BCUT2D eigenvalue weighted by Crippen LogP contribution is -2.22. The van der Waals surface area contributed by atoms with Gasteiger partial charge in [0.2, 0.25) is 0 Å². The van der Waals surface area contributed by atoms with Crippen molar-refractivity contribution in [2.75, 3.05) is 0 Å². The Morgan fingerprint density at radius 3 is 1.92 bits per heavy atom. The van der Waals surface area contributed by atoms with Gasteiger partial charge in [0, 0.05) is 8.80 Å². The van der Waals surface area contributed by atoms with E-state index in [0.717, 1.165) is 37.5 Å². The highest BCUT2D eigenvalue weighted by atomic mass is 28.3. The van der Waals surface area contributed by atoms with Crippen molar-refractivity contribution >= 4 is 8.80 Å². The molecule has 2 fully saturated rings. The van der Waals surface area contributed by atoms with E-state index >= 15 is 0 Å². The number of hydrogen-bond acceptors (Lipinski definition) is 0. The normalized spacial score (nSPS) is 29.7. The molecule has 0 nitrogen and oxygen atoms in total. The minimum absolute atomic E-state index is 0.186. The third kappa shape index (κ3) is 5.14. The first-order valence-corrected chi connectivity index (χ1v) is 13.2. The molecule has 1 aromatic carbocycles. The summed E-state index contributed by atoms with van der Waals surface area (Å²) in [5, 5.41) is 0. The van der Waals surface area contributed by atoms with Crippen molar-refractivity contribution in [1.29, 1.82) is 0 Å². The maximum atomic E-state index is 13.5. The smallest absolute Gasteiger partial charge is 0.194 e. The first-order chi connectivity index (χ1) is 12.6. The molecule has 0 N–H and O–H groups in total. The molecule has 0 bridgehead atoms. The number of benzene rings is 1. The SMILES string of the molecule is CCC[Si@H]1CC[C@H](CC[C@H]2CC[C@H](c3cc(F)c(F)c(F)c3)CC2)CC1. The standard InChI is InChI=1S/C22H33F3Si/c1-2-11-26-12-9-17(10-13-26)4-3-16-5-7-18(8-6-16)19-14-20(23)22(25)21(24)15-19/h14-18,26H,2-13H2,1H3/t16-,17-,18-,26-. The average Bonchev–Trinajstić information content (AvgIpc) is 2.66. The predicted molar refractivity (Wildman–Crippen MR) is 105 cm³/mol. The van der Waals surface area contributed by atoms with Crippen molar-refractivity contribution < 1.29 is 13.2 Å². The van der Waals surface area contributed by atoms with E-state index in [1.807, 2.05) is 0 Å². The molecular weight excluding hydrogens is 349 g/mol. The lowest BCUT2D eigenvalue weighted by molar-refractivity contribution is 0.279. The molecule has 1 heterocycles. The summed E-state index contributed by atoms with van der Waals surface area (Å²) < 4.78 is 40.1. The van der Waals surface area contributed by atoms with E-state index in [9.17, 15) is 13.2 Å². The van der Waals surface area contributed by atoms with Crippen molar-refractivity contribution in [1.82, 2.24) is 0 Å². The molecule has 0 aromatic heterocycles. The van der Waals surface area contributed by atoms with Crippen LogP contribution in [0.3, 0.4) is 0 Å². The summed E-state index contributed by atoms with van der Waals surface area (Å²) in [6.45, 7) is 2.32. The molecule has 1 saturated heterocycles. The van der Waals surface area contributed by atoms with Gasteiger partial charge in [0.25, 0.3) is 0 Å². The number of halogens is 3. The van der Waals surface area contributed by atoms with Crippen LogP contribution >= 0.6 is 0 Å². The Bertz CT molecular complexity index is 550. The fraction of sp³-hybridized carbons (Fsp3) is 0.727. The van der Waals surface area contributed by atoms with Gasteiger partial charge in [-0.05, 0) is 61.1 Å². The zero-order valence-corrected chi connectivity index (χ0v) is 17.2. The van der Waals surface area contributed by atoms with Crippen molar-refractivity contribution in [2.45, 2.75) is 88.8 Å². The highest BCUT2D eigenvalue weighted by Crippen LogP contribution is 2.40. The largest absolute Gasteiger partial charge is 0.204 e. The maximum absolute atomic E-state index is 13.5. The molecule has 4 heteroatoms. The van der Waals surface area contributed by atoms with Crippen LogP contribution in [-0.2, 0) is 0 Å². The van der Waals surface area contributed by atoms with Gasteiger partial charge in [-0.2, -0.15) is 0 Å². The van der Waals surface area contributed by atoms with E-state index in [-0.39, 0.29) is 14.7 Å². The van der Waals surface area contributed by atoms with Crippen LogP contribution in [0.1, 0.15) is 76.2 Å². The van der Waals surface area contributed by atoms with Crippen LogP contribution in [0, 0.1) is 29.3 Å². The average molecular weight is 383 g/mol. The van der Waals surface area contributed by atoms with Crippen LogP contribution in [0.4, 0.5) is 13.2 Å². The van der Waals surface area contributed by atoms with Gasteiger partial charge >= 0.3 is 0 Å². The third-order valence-electron chi connectivity index (χ3n) is 6.97. The van der Waals surface area contributed by atoms with Gasteiger partial charge in [-0.1, -0.05) is 57.2 Å². The van der Waals surface area contributed by atoms with E-state index in [1.54, 1.807) is 18.1 Å². The first kappa shape index (κ1) is 20.0. The van der Waals surface area contributed by atoms with Crippen LogP contribution in [0.2, 0.25) is 18.1 Å². The summed E-state index contributed by atoms with van der Waals surface area (Å²) in [4.78, 5) is 0. The molecule has 0 atom stereocenters. The Morgan fingerprint density at radius 1 is 0.846 bits per heavy atom. The van der Waals surface area contributed by atoms with Gasteiger partial charge in [-0.3, -0.25) is 0 Å². The van der Waals surface area contributed by atoms with Crippen LogP contribution < -0.4 is 0 Å². The van der Waals surface area contributed by atoms with Crippen molar-refractivity contribution in [3.05, 3.63) is 35.1 Å². The molecule has 0 spiro atoms. The Morgan fingerprint density at radius 2 is 1.38 bits per heavy atom. The van der Waals surface area contributed by atoms with Crippen molar-refractivity contribution in [3.63, 3.8) is 0 Å². The van der Waals surface area contributed by atoms with E-state index in [2.05, 4.69) is 6.92 Å². The second kappa shape index (κ2) is 9.43. The lowest BCUT2D eigenvalue weighted by Gasteiger charge is -2.32. The van der Waals surface area contributed by atoms with E-state index in [4.69, 9.17) is 0 Å². The van der Waals surface area contributed by atoms with Gasteiger partial charge in [-0.15, -0.1) is 0 Å². The Labute approximate surface area is 158 Å². The quantitative estimate of drug-likeness (QED) is 0.360. The van der Waals surface area contributed by atoms with Gasteiger partial charge < -0.3 is 0 Å². The van der Waals surface area contributed by atoms with E-state index < -0.39 is 17.5 Å². The van der Waals surface area contributed by atoms with Crippen LogP contribution in [0.25, 0.3) is 0 Å². The monoisotopic (exact) mass is 382 g/mol. The van der Waals surface area contributed by atoms with Crippen LogP contribution in [0.5, 0.6) is 0 Å². The summed E-state index contributed by atoms with van der Waals surface area (Å²) in [7, 11) is -0.367. The first-order valence-electron chi connectivity index (χ1n) is 10.7. The molecule has 0 amide bonds. The Hall–Kier alpha value is -0.773. The zero-order valence-electron chi connectivity index (χ0n) is 16.1. The molecule has 0 unspecified atom stereocenters. The lowest BCUT2D eigenvalue weighted by atomic mass is 9.76. The second-order valence-electron chi connectivity index (χ2n) is 8.77. The highest BCUT2D eigenvalue weighted by Gasteiger charge is 2.26. The minimum Gasteiger partial charge on any atom is -0.204 e. The molecule has 26 heavy (non-hydrogen) atoms. The molecule has 0 radical (unpaired) electrons. The summed E-state index contributed by atoms with van der Waals surface area (Å²) in [6.07, 6.45) is 11.3. The molecule has 1 saturated carbocycles. The molecule has 1 aromatic rings. The fourth-order valence-electron chi connectivity index (χ4n) is 5.28. The molecular formula is C22H33F3Si. The topological polar surface area (TPSA) is 0 Å². The van der Waals surface area contributed by atoms with Crippen molar-refractivity contribution in [3.8, 4) is 0 Å². The van der Waals surface area contributed by atoms with Crippen molar-refractivity contribution in [2.24, 2.45) is 11.8 Å². The molecule has 2 aliphatic rings. The van der Waals surface area contributed by atoms with Crippen LogP contribution in [-0.4, -0.2) is 8.80 Å². The summed E-state index contributed by atoms with van der Waals surface area (Å²) in [5.74, 6) is -1.54. The predicted octanol–water partition coefficient (Wildman–Crippen LogP) is 7.21. The van der Waals surface area contributed by atoms with Gasteiger partial charge in [0.15, 0.2) is 17.5 Å². The molecule has 146 valence electrons. The summed E-state index contributed by atoms with van der Waals surface area (Å²) >= 11 is 0. The van der Waals surface area contributed by atoms with Gasteiger partial charge in [-0.25, -0.2) is 13.2 Å². The second-order valence-corrected chi connectivity index (χ2v) is 12.2. The zero-order chi connectivity index (χ0) is 18.5. The van der Waals surface area contributed by atoms with Crippen LogP contribution in [0.15, 0.2) is 12.1 Å². The maximum Gasteiger partial charge on any atom is 0.194 e.